The van der Waals surface area contributed by atoms with E-state index in [4.69, 9.17) is 9.47 Å². The summed E-state index contributed by atoms with van der Waals surface area (Å²) in [7, 11) is 0. The number of rotatable bonds is 5. The van der Waals surface area contributed by atoms with Crippen LogP contribution in [-0.4, -0.2) is 35.1 Å². The van der Waals surface area contributed by atoms with Crippen LogP contribution in [0.1, 0.15) is 12.1 Å². The Morgan fingerprint density at radius 3 is 2.90 bits per heavy atom. The number of pyridine rings is 1. The highest BCUT2D eigenvalue weighted by atomic mass is 32.1. The Labute approximate surface area is 176 Å². The van der Waals surface area contributed by atoms with Crippen LogP contribution < -0.4 is 19.7 Å². The summed E-state index contributed by atoms with van der Waals surface area (Å²) in [5.74, 6) is 0.643. The van der Waals surface area contributed by atoms with Gasteiger partial charge in [0.1, 0.15) is 5.01 Å². The molecule has 3 aromatic rings. The van der Waals surface area contributed by atoms with Crippen molar-refractivity contribution in [2.75, 3.05) is 18.2 Å². The average Bonchev–Trinajstić information content (AvgIpc) is 3.51. The Balaban J connectivity index is 1.20. The predicted molar refractivity (Wildman–Crippen MR) is 110 cm³/mol. The molecule has 2 aliphatic heterocycles. The fourth-order valence-electron chi connectivity index (χ4n) is 3.52. The molecule has 1 fully saturated rings. The van der Waals surface area contributed by atoms with Crippen molar-refractivity contribution >= 4 is 28.8 Å². The Kier molecular flexibility index (Phi) is 4.80. The van der Waals surface area contributed by atoms with E-state index in [9.17, 15) is 9.59 Å². The van der Waals surface area contributed by atoms with Crippen LogP contribution in [0.4, 0.5) is 5.69 Å². The minimum atomic E-state index is -0.402. The highest BCUT2D eigenvalue weighted by molar-refractivity contribution is 7.13. The van der Waals surface area contributed by atoms with Crippen LogP contribution in [0, 0.1) is 5.92 Å². The smallest absolute Gasteiger partial charge is 0.231 e. The molecule has 2 aromatic heterocycles. The van der Waals surface area contributed by atoms with E-state index in [1.54, 1.807) is 29.4 Å². The molecule has 1 N–H and O–H groups in total. The summed E-state index contributed by atoms with van der Waals surface area (Å²) < 4.78 is 10.7. The second-order valence-electron chi connectivity index (χ2n) is 7.04. The van der Waals surface area contributed by atoms with Crippen LogP contribution in [0.15, 0.2) is 48.1 Å². The zero-order chi connectivity index (χ0) is 20.5. The number of carbonyl (C=O) groups is 2. The van der Waals surface area contributed by atoms with E-state index in [0.717, 1.165) is 16.3 Å². The van der Waals surface area contributed by atoms with Crippen LogP contribution in [-0.2, 0) is 16.1 Å². The fraction of sp³-hybridized carbons (Fsp3) is 0.238. The van der Waals surface area contributed by atoms with Gasteiger partial charge in [0, 0.05) is 48.1 Å². The minimum Gasteiger partial charge on any atom is -0.454 e. The molecule has 9 heteroatoms. The second kappa shape index (κ2) is 7.75. The van der Waals surface area contributed by atoms with Gasteiger partial charge in [0.2, 0.25) is 18.6 Å². The van der Waals surface area contributed by atoms with Crippen molar-refractivity contribution in [2.24, 2.45) is 5.92 Å². The van der Waals surface area contributed by atoms with Crippen molar-refractivity contribution in [1.29, 1.82) is 0 Å². The molecule has 0 spiro atoms. The molecule has 0 bridgehead atoms. The molecule has 1 atom stereocenters. The summed E-state index contributed by atoms with van der Waals surface area (Å²) in [4.78, 5) is 35.3. The molecule has 1 saturated heterocycles. The molecule has 2 aliphatic rings. The molecule has 1 aromatic carbocycles. The highest BCUT2D eigenvalue weighted by Gasteiger charge is 2.35. The van der Waals surface area contributed by atoms with Crippen molar-refractivity contribution in [3.05, 3.63) is 53.8 Å². The van der Waals surface area contributed by atoms with E-state index < -0.39 is 5.92 Å². The lowest BCUT2D eigenvalue weighted by Crippen LogP contribution is -2.32. The first-order valence-electron chi connectivity index (χ1n) is 9.50. The van der Waals surface area contributed by atoms with E-state index in [1.807, 2.05) is 23.6 Å². The molecule has 0 saturated carbocycles. The van der Waals surface area contributed by atoms with E-state index in [-0.39, 0.29) is 25.0 Å². The second-order valence-corrected chi connectivity index (χ2v) is 7.90. The maximum absolute atomic E-state index is 12.6. The van der Waals surface area contributed by atoms with Gasteiger partial charge in [-0.05, 0) is 24.3 Å². The van der Waals surface area contributed by atoms with Gasteiger partial charge >= 0.3 is 0 Å². The highest BCUT2D eigenvalue weighted by Crippen LogP contribution is 2.37. The van der Waals surface area contributed by atoms with Crippen LogP contribution in [0.25, 0.3) is 10.6 Å². The number of thiazole rings is 1. The number of hydrogen-bond donors (Lipinski definition) is 1. The number of amides is 2. The standard InChI is InChI=1S/C21H18N4O4S/c26-19-7-14(10-25(19)16-1-2-17-18(8-16)29-12-28-17)20(27)23-9-15-11-30-21(24-15)13-3-5-22-6-4-13/h1-6,8,11,14H,7,9-10,12H2,(H,23,27). The Morgan fingerprint density at radius 2 is 2.03 bits per heavy atom. The summed E-state index contributed by atoms with van der Waals surface area (Å²) in [5.41, 5.74) is 2.49. The van der Waals surface area contributed by atoms with Crippen molar-refractivity contribution < 1.29 is 19.1 Å². The third kappa shape index (κ3) is 3.59. The van der Waals surface area contributed by atoms with Gasteiger partial charge in [-0.25, -0.2) is 4.98 Å². The molecule has 4 heterocycles. The van der Waals surface area contributed by atoms with Crippen molar-refractivity contribution in [1.82, 2.24) is 15.3 Å². The first-order chi connectivity index (χ1) is 14.7. The number of nitrogens with one attached hydrogen (secondary N) is 1. The van der Waals surface area contributed by atoms with E-state index >= 15 is 0 Å². The number of ether oxygens (including phenoxy) is 2. The number of fused-ring (bicyclic) bond motifs is 1. The number of aromatic nitrogens is 2. The van der Waals surface area contributed by atoms with Gasteiger partial charge in [0.15, 0.2) is 11.5 Å². The van der Waals surface area contributed by atoms with E-state index in [2.05, 4.69) is 15.3 Å². The van der Waals surface area contributed by atoms with Gasteiger partial charge in [-0.1, -0.05) is 0 Å². The van der Waals surface area contributed by atoms with Crippen molar-refractivity contribution in [3.63, 3.8) is 0 Å². The molecule has 152 valence electrons. The third-order valence-corrected chi connectivity index (χ3v) is 6.03. The number of benzene rings is 1. The molecular weight excluding hydrogens is 404 g/mol. The van der Waals surface area contributed by atoms with Crippen LogP contribution in [0.3, 0.4) is 0 Å². The topological polar surface area (TPSA) is 93.7 Å². The average molecular weight is 422 g/mol. The zero-order valence-corrected chi connectivity index (χ0v) is 16.7. The summed E-state index contributed by atoms with van der Waals surface area (Å²) in [6.45, 7) is 0.843. The monoisotopic (exact) mass is 422 g/mol. The van der Waals surface area contributed by atoms with Crippen molar-refractivity contribution in [2.45, 2.75) is 13.0 Å². The van der Waals surface area contributed by atoms with Crippen LogP contribution >= 0.6 is 11.3 Å². The van der Waals surface area contributed by atoms with Crippen molar-refractivity contribution in [3.8, 4) is 22.1 Å². The molecular formula is C21H18N4O4S. The summed E-state index contributed by atoms with van der Waals surface area (Å²) in [6.07, 6.45) is 3.63. The van der Waals surface area contributed by atoms with Gasteiger partial charge in [0.05, 0.1) is 18.2 Å². The minimum absolute atomic E-state index is 0.0809. The summed E-state index contributed by atoms with van der Waals surface area (Å²) in [6, 6.07) is 9.16. The van der Waals surface area contributed by atoms with E-state index in [1.165, 1.54) is 11.3 Å². The molecule has 8 nitrogen and oxygen atoms in total. The Bertz CT molecular complexity index is 1100. The number of carbonyl (C=O) groups excluding carboxylic acids is 2. The maximum Gasteiger partial charge on any atom is 0.231 e. The maximum atomic E-state index is 12.6. The lowest BCUT2D eigenvalue weighted by Gasteiger charge is -2.17. The third-order valence-electron chi connectivity index (χ3n) is 5.09. The number of hydrogen-bond acceptors (Lipinski definition) is 7. The normalized spacial score (nSPS) is 17.4. The first-order valence-corrected chi connectivity index (χ1v) is 10.4. The van der Waals surface area contributed by atoms with Gasteiger partial charge in [-0.2, -0.15) is 0 Å². The summed E-state index contributed by atoms with van der Waals surface area (Å²) >= 11 is 1.52. The molecule has 0 radical (unpaired) electrons. The van der Waals surface area contributed by atoms with Gasteiger partial charge in [0.25, 0.3) is 0 Å². The molecule has 5 rings (SSSR count). The van der Waals surface area contributed by atoms with Crippen LogP contribution in [0.2, 0.25) is 0 Å². The lowest BCUT2D eigenvalue weighted by molar-refractivity contribution is -0.126. The Hall–Kier alpha value is -3.46. The van der Waals surface area contributed by atoms with Crippen LogP contribution in [0.5, 0.6) is 11.5 Å². The predicted octanol–water partition coefficient (Wildman–Crippen LogP) is 2.60. The van der Waals surface area contributed by atoms with Gasteiger partial charge in [-0.3, -0.25) is 14.6 Å². The fourth-order valence-corrected chi connectivity index (χ4v) is 4.35. The number of anilines is 1. The summed E-state index contributed by atoms with van der Waals surface area (Å²) in [5, 5.41) is 5.72. The first kappa shape index (κ1) is 18.6. The largest absolute Gasteiger partial charge is 0.454 e. The molecule has 1 unspecified atom stereocenters. The SMILES string of the molecule is O=C(NCc1csc(-c2ccncc2)n1)C1CC(=O)N(c2ccc3c(c2)OCO3)C1. The Morgan fingerprint density at radius 1 is 1.20 bits per heavy atom. The molecule has 0 aliphatic carbocycles. The van der Waals surface area contributed by atoms with E-state index in [0.29, 0.717) is 30.3 Å². The molecule has 2 amide bonds. The number of nitrogens with zero attached hydrogens (tertiary/aromatic N) is 3. The zero-order valence-electron chi connectivity index (χ0n) is 15.9. The molecule has 30 heavy (non-hydrogen) atoms. The quantitative estimate of drug-likeness (QED) is 0.679. The van der Waals surface area contributed by atoms with Gasteiger partial charge < -0.3 is 19.7 Å². The van der Waals surface area contributed by atoms with Gasteiger partial charge in [-0.15, -0.1) is 11.3 Å². The lowest BCUT2D eigenvalue weighted by atomic mass is 10.1.